The van der Waals surface area contributed by atoms with Crippen molar-refractivity contribution in [2.75, 3.05) is 12.4 Å². The average molecular weight is 371 g/mol. The summed E-state index contributed by atoms with van der Waals surface area (Å²) in [7, 11) is 1.45. The predicted octanol–water partition coefficient (Wildman–Crippen LogP) is 2.34. The van der Waals surface area contributed by atoms with Crippen molar-refractivity contribution >= 4 is 17.6 Å². The fourth-order valence-electron chi connectivity index (χ4n) is 2.78. The fraction of sp³-hybridized carbons (Fsp3) is 0.222. The van der Waals surface area contributed by atoms with Gasteiger partial charge in [0.25, 0.3) is 11.9 Å². The molecule has 1 aromatic heterocycles. The Morgan fingerprint density at radius 1 is 1.41 bits per heavy atom. The minimum absolute atomic E-state index is 0.0869. The van der Waals surface area contributed by atoms with Crippen molar-refractivity contribution in [3.05, 3.63) is 60.0 Å². The molecule has 0 saturated heterocycles. The Morgan fingerprint density at radius 3 is 2.81 bits per heavy atom. The second-order valence-corrected chi connectivity index (χ2v) is 6.13. The molecule has 9 heteroatoms. The minimum Gasteiger partial charge on any atom is -0.480 e. The molecule has 0 unspecified atom stereocenters. The largest absolute Gasteiger partial charge is 0.480 e. The first kappa shape index (κ1) is 18.3. The molecule has 2 heterocycles. The summed E-state index contributed by atoms with van der Waals surface area (Å²) < 4.78 is 24.5. The van der Waals surface area contributed by atoms with Gasteiger partial charge in [-0.15, -0.1) is 0 Å². The van der Waals surface area contributed by atoms with Crippen LogP contribution in [0.5, 0.6) is 5.88 Å². The average Bonchev–Trinajstić information content (AvgIpc) is 2.62. The van der Waals surface area contributed by atoms with Crippen LogP contribution in [0, 0.1) is 5.82 Å². The van der Waals surface area contributed by atoms with Gasteiger partial charge in [0.05, 0.1) is 25.0 Å². The van der Waals surface area contributed by atoms with Crippen LogP contribution in [0.4, 0.5) is 10.1 Å². The number of nitrogens with one attached hydrogen (secondary N) is 1. The lowest BCUT2D eigenvalue weighted by molar-refractivity contribution is 0.102. The summed E-state index contributed by atoms with van der Waals surface area (Å²) in [4.78, 5) is 24.5. The van der Waals surface area contributed by atoms with E-state index in [1.807, 2.05) is 0 Å². The molecule has 1 aliphatic heterocycles. The monoisotopic (exact) mass is 371 g/mol. The van der Waals surface area contributed by atoms with E-state index in [9.17, 15) is 9.18 Å². The lowest BCUT2D eigenvalue weighted by atomic mass is 9.87. The topological polar surface area (TPSA) is 112 Å². The van der Waals surface area contributed by atoms with Crippen LogP contribution in [0.1, 0.15) is 29.4 Å². The van der Waals surface area contributed by atoms with Gasteiger partial charge in [-0.3, -0.25) is 4.79 Å². The van der Waals surface area contributed by atoms with E-state index in [2.05, 4.69) is 26.9 Å². The van der Waals surface area contributed by atoms with Crippen molar-refractivity contribution in [2.24, 2.45) is 10.7 Å². The number of hydrogen-bond acceptors (Lipinski definition) is 7. The van der Waals surface area contributed by atoms with Crippen LogP contribution in [0.2, 0.25) is 0 Å². The van der Waals surface area contributed by atoms with Crippen molar-refractivity contribution < 1.29 is 18.7 Å². The molecular formula is C18H18FN5O3. The van der Waals surface area contributed by atoms with Gasteiger partial charge in [-0.1, -0.05) is 6.58 Å². The number of methoxy groups -OCH3 is 1. The second-order valence-electron chi connectivity index (χ2n) is 6.13. The Balaban J connectivity index is 1.88. The molecule has 0 fully saturated rings. The highest BCUT2D eigenvalue weighted by Gasteiger charge is 2.34. The number of hydrogen-bond donors (Lipinski definition) is 2. The van der Waals surface area contributed by atoms with E-state index in [-0.39, 0.29) is 23.7 Å². The molecule has 0 radical (unpaired) electrons. The van der Waals surface area contributed by atoms with E-state index in [1.165, 1.54) is 37.7 Å². The number of aliphatic imine (C=N–C) groups is 1. The summed E-state index contributed by atoms with van der Waals surface area (Å²) in [6.07, 6.45) is 2.87. The Labute approximate surface area is 154 Å². The van der Waals surface area contributed by atoms with Gasteiger partial charge in [-0.05, 0) is 25.1 Å². The first-order chi connectivity index (χ1) is 12.8. The third kappa shape index (κ3) is 3.86. The number of benzene rings is 1. The molecule has 0 aliphatic carbocycles. The Kier molecular flexibility index (Phi) is 4.76. The summed E-state index contributed by atoms with van der Waals surface area (Å²) in [5.74, 6) is -0.302. The molecule has 3 rings (SSSR count). The molecule has 0 bridgehead atoms. The number of halogens is 1. The minimum atomic E-state index is -0.996. The van der Waals surface area contributed by atoms with Gasteiger partial charge < -0.3 is 20.5 Å². The van der Waals surface area contributed by atoms with Crippen LogP contribution in [0.3, 0.4) is 0 Å². The van der Waals surface area contributed by atoms with E-state index in [4.69, 9.17) is 15.2 Å². The Bertz CT molecular complexity index is 929. The van der Waals surface area contributed by atoms with Gasteiger partial charge in [-0.25, -0.2) is 19.4 Å². The first-order valence-corrected chi connectivity index (χ1v) is 7.99. The first-order valence-electron chi connectivity index (χ1n) is 7.99. The van der Waals surface area contributed by atoms with E-state index >= 15 is 0 Å². The summed E-state index contributed by atoms with van der Waals surface area (Å²) in [5.41, 5.74) is 5.39. The number of amidine groups is 1. The third-order valence-corrected chi connectivity index (χ3v) is 4.02. The van der Waals surface area contributed by atoms with E-state index in [1.54, 1.807) is 6.92 Å². The predicted molar refractivity (Wildman–Crippen MR) is 96.8 cm³/mol. The smallest absolute Gasteiger partial charge is 0.288 e. The molecule has 3 N–H and O–H groups in total. The number of rotatable bonds is 4. The van der Waals surface area contributed by atoms with Crippen LogP contribution in [0.15, 0.2) is 47.9 Å². The van der Waals surface area contributed by atoms with Gasteiger partial charge >= 0.3 is 0 Å². The molecule has 8 nitrogen and oxygen atoms in total. The normalized spacial score (nSPS) is 19.1. The molecule has 1 aromatic carbocycles. The molecule has 1 amide bonds. The summed E-state index contributed by atoms with van der Waals surface area (Å²) >= 11 is 0. The van der Waals surface area contributed by atoms with E-state index in [0.717, 1.165) is 0 Å². The van der Waals surface area contributed by atoms with Crippen molar-refractivity contribution in [3.63, 3.8) is 0 Å². The highest BCUT2D eigenvalue weighted by atomic mass is 19.1. The lowest BCUT2D eigenvalue weighted by Crippen LogP contribution is -2.33. The number of nitrogens with zero attached hydrogens (tertiary/aromatic N) is 3. The summed E-state index contributed by atoms with van der Waals surface area (Å²) in [5, 5.41) is 2.66. The number of aromatic nitrogens is 2. The maximum Gasteiger partial charge on any atom is 0.288 e. The SMILES string of the molecule is C=C1C[C@@](C)(c2cc(NC(=O)c3cnc(OC)cn3)ccc2F)N=C(N)O1. The Morgan fingerprint density at radius 2 is 2.19 bits per heavy atom. The van der Waals surface area contributed by atoms with Crippen molar-refractivity contribution in [2.45, 2.75) is 18.9 Å². The number of anilines is 1. The molecule has 0 saturated carbocycles. The van der Waals surface area contributed by atoms with Gasteiger partial charge in [0.15, 0.2) is 0 Å². The van der Waals surface area contributed by atoms with Crippen molar-refractivity contribution in [1.82, 2.24) is 9.97 Å². The van der Waals surface area contributed by atoms with Gasteiger partial charge in [-0.2, -0.15) is 0 Å². The van der Waals surface area contributed by atoms with Crippen molar-refractivity contribution in [1.29, 1.82) is 0 Å². The van der Waals surface area contributed by atoms with Crippen LogP contribution in [-0.2, 0) is 10.3 Å². The van der Waals surface area contributed by atoms with Gasteiger partial charge in [0, 0.05) is 17.7 Å². The maximum absolute atomic E-state index is 14.5. The van der Waals surface area contributed by atoms with Crippen molar-refractivity contribution in [3.8, 4) is 5.88 Å². The number of nitrogens with two attached hydrogens (primary N) is 1. The zero-order valence-electron chi connectivity index (χ0n) is 14.8. The van der Waals surface area contributed by atoms with Gasteiger partial charge in [0.2, 0.25) is 5.88 Å². The zero-order valence-corrected chi connectivity index (χ0v) is 14.8. The summed E-state index contributed by atoms with van der Waals surface area (Å²) in [6, 6.07) is 4.11. The summed E-state index contributed by atoms with van der Waals surface area (Å²) in [6.45, 7) is 5.45. The lowest BCUT2D eigenvalue weighted by Gasteiger charge is -2.31. The number of amides is 1. The Hall–Kier alpha value is -3.49. The standard InChI is InChI=1S/C18H18FN5O3/c1-10-7-18(2,24-17(20)27-10)12-6-11(4-5-13(12)19)23-16(25)14-8-22-15(26-3)9-21-14/h4-6,8-9H,1,7H2,2-3H3,(H2,20,24)(H,23,25)/t18-/m0/s1. The van der Waals surface area contributed by atoms with E-state index < -0.39 is 17.3 Å². The molecule has 1 aliphatic rings. The van der Waals surface area contributed by atoms with Gasteiger partial charge in [0.1, 0.15) is 17.3 Å². The van der Waals surface area contributed by atoms with Crippen LogP contribution in [-0.4, -0.2) is 29.0 Å². The molecule has 2 aromatic rings. The highest BCUT2D eigenvalue weighted by Crippen LogP contribution is 2.37. The highest BCUT2D eigenvalue weighted by molar-refractivity contribution is 6.02. The molecule has 140 valence electrons. The van der Waals surface area contributed by atoms with Crippen LogP contribution in [0.25, 0.3) is 0 Å². The number of carbonyl (C=O) groups is 1. The quantitative estimate of drug-likeness (QED) is 0.853. The zero-order chi connectivity index (χ0) is 19.6. The molecular weight excluding hydrogens is 353 g/mol. The number of carbonyl (C=O) groups excluding carboxylic acids is 1. The molecule has 27 heavy (non-hydrogen) atoms. The second kappa shape index (κ2) is 7.02. The third-order valence-electron chi connectivity index (χ3n) is 4.02. The van der Waals surface area contributed by atoms with E-state index in [0.29, 0.717) is 17.3 Å². The molecule has 0 spiro atoms. The molecule has 1 atom stereocenters. The van der Waals surface area contributed by atoms with Crippen LogP contribution >= 0.6 is 0 Å². The maximum atomic E-state index is 14.5. The van der Waals surface area contributed by atoms with Crippen LogP contribution < -0.4 is 15.8 Å². The number of ether oxygens (including phenoxy) is 2. The fourth-order valence-corrected chi connectivity index (χ4v) is 2.78.